The molecule has 0 spiro atoms. The van der Waals surface area contributed by atoms with Gasteiger partial charge in [0.15, 0.2) is 0 Å². The van der Waals surface area contributed by atoms with Crippen LogP contribution in [0.1, 0.15) is 27.5 Å². The molecule has 1 aromatic heterocycles. The van der Waals surface area contributed by atoms with E-state index in [0.29, 0.717) is 23.1 Å². The maximum atomic E-state index is 13.4. The molecular weight excluding hydrogens is 314 g/mol. The summed E-state index contributed by atoms with van der Waals surface area (Å²) in [5.41, 5.74) is 3.07. The Morgan fingerprint density at radius 1 is 1.28 bits per heavy atom. The molecule has 130 valence electrons. The van der Waals surface area contributed by atoms with Gasteiger partial charge in [0.05, 0.1) is 24.9 Å². The number of hydrogen-bond donors (Lipinski definition) is 1. The third kappa shape index (κ3) is 2.68. The lowest BCUT2D eigenvalue weighted by atomic mass is 9.87. The molecule has 1 aromatic carbocycles. The van der Waals surface area contributed by atoms with Gasteiger partial charge >= 0.3 is 0 Å². The average Bonchev–Trinajstić information content (AvgIpc) is 3.23. The van der Waals surface area contributed by atoms with Gasteiger partial charge in [0.25, 0.3) is 5.91 Å². The summed E-state index contributed by atoms with van der Waals surface area (Å²) in [6.45, 7) is 4.84. The Balaban J connectivity index is 1.75. The van der Waals surface area contributed by atoms with Gasteiger partial charge < -0.3 is 15.0 Å². The molecule has 4 rings (SSSR count). The predicted molar refractivity (Wildman–Crippen MR) is 95.6 cm³/mol. The maximum absolute atomic E-state index is 13.4. The fourth-order valence-electron chi connectivity index (χ4n) is 4.32. The molecule has 5 heteroatoms. The minimum atomic E-state index is 0.0295. The van der Waals surface area contributed by atoms with E-state index in [4.69, 9.17) is 4.74 Å². The molecule has 3 atom stereocenters. The summed E-state index contributed by atoms with van der Waals surface area (Å²) in [6, 6.07) is 10.3. The second kappa shape index (κ2) is 6.48. The summed E-state index contributed by atoms with van der Waals surface area (Å²) in [4.78, 5) is 19.5. The molecule has 25 heavy (non-hydrogen) atoms. The van der Waals surface area contributed by atoms with Crippen LogP contribution in [0.2, 0.25) is 0 Å². The van der Waals surface area contributed by atoms with Crippen molar-refractivity contribution < 1.29 is 9.53 Å². The zero-order chi connectivity index (χ0) is 17.4. The third-order valence-electron chi connectivity index (χ3n) is 5.57. The van der Waals surface area contributed by atoms with E-state index in [1.165, 1.54) is 11.1 Å². The average molecular weight is 337 g/mol. The van der Waals surface area contributed by atoms with Crippen LogP contribution in [-0.4, -0.2) is 42.5 Å². The second-order valence-corrected chi connectivity index (χ2v) is 6.92. The van der Waals surface area contributed by atoms with E-state index in [0.717, 1.165) is 19.6 Å². The van der Waals surface area contributed by atoms with Gasteiger partial charge in [-0.3, -0.25) is 9.78 Å². The van der Waals surface area contributed by atoms with E-state index in [-0.39, 0.29) is 11.9 Å². The molecular formula is C20H23N3O2. The van der Waals surface area contributed by atoms with Crippen molar-refractivity contribution in [1.29, 1.82) is 0 Å². The van der Waals surface area contributed by atoms with E-state index in [9.17, 15) is 4.79 Å². The SMILES string of the molecule is COc1cnccc1C(=O)N1C[C@@H]2CNC[C@@H]2[C@@H]1c1ccccc1C. The fourth-order valence-corrected chi connectivity index (χ4v) is 4.32. The van der Waals surface area contributed by atoms with Crippen LogP contribution in [0, 0.1) is 18.8 Å². The Kier molecular flexibility index (Phi) is 4.17. The first-order chi connectivity index (χ1) is 12.2. The number of benzene rings is 1. The minimum Gasteiger partial charge on any atom is -0.494 e. The number of aromatic nitrogens is 1. The molecule has 0 unspecified atom stereocenters. The van der Waals surface area contributed by atoms with Crippen molar-refractivity contribution in [3.05, 3.63) is 59.4 Å². The molecule has 0 bridgehead atoms. The van der Waals surface area contributed by atoms with Crippen molar-refractivity contribution in [2.75, 3.05) is 26.7 Å². The van der Waals surface area contributed by atoms with Gasteiger partial charge in [-0.15, -0.1) is 0 Å². The van der Waals surface area contributed by atoms with Crippen LogP contribution in [0.5, 0.6) is 5.75 Å². The number of rotatable bonds is 3. The largest absolute Gasteiger partial charge is 0.494 e. The summed E-state index contributed by atoms with van der Waals surface area (Å²) in [5, 5.41) is 3.49. The fraction of sp³-hybridized carbons (Fsp3) is 0.400. The standard InChI is InChI=1S/C20H23N3O2/c1-13-5-3-4-6-15(13)19-17-10-22-9-14(17)12-23(19)20(24)16-7-8-21-11-18(16)25-2/h3-8,11,14,17,19,22H,9-10,12H2,1-2H3/t14-,17-,19-/m0/s1. The van der Waals surface area contributed by atoms with E-state index in [1.54, 1.807) is 25.6 Å². The molecule has 2 aliphatic heterocycles. The summed E-state index contributed by atoms with van der Waals surface area (Å²) >= 11 is 0. The highest BCUT2D eigenvalue weighted by atomic mass is 16.5. The molecule has 1 amide bonds. The number of hydrogen-bond acceptors (Lipinski definition) is 4. The maximum Gasteiger partial charge on any atom is 0.258 e. The Morgan fingerprint density at radius 2 is 2.12 bits per heavy atom. The van der Waals surface area contributed by atoms with Gasteiger partial charge in [-0.1, -0.05) is 24.3 Å². The van der Waals surface area contributed by atoms with Crippen LogP contribution in [0.15, 0.2) is 42.7 Å². The number of carbonyl (C=O) groups is 1. The molecule has 0 saturated carbocycles. The number of nitrogens with zero attached hydrogens (tertiary/aromatic N) is 2. The molecule has 0 radical (unpaired) electrons. The Labute approximate surface area is 148 Å². The Bertz CT molecular complexity index is 792. The molecule has 2 aromatic rings. The van der Waals surface area contributed by atoms with E-state index in [2.05, 4.69) is 41.5 Å². The first kappa shape index (κ1) is 16.1. The van der Waals surface area contributed by atoms with Gasteiger partial charge in [-0.2, -0.15) is 0 Å². The van der Waals surface area contributed by atoms with E-state index >= 15 is 0 Å². The quantitative estimate of drug-likeness (QED) is 0.935. The molecule has 0 aliphatic carbocycles. The van der Waals surface area contributed by atoms with Crippen LogP contribution in [0.25, 0.3) is 0 Å². The van der Waals surface area contributed by atoms with Crippen LogP contribution in [0.3, 0.4) is 0 Å². The summed E-state index contributed by atoms with van der Waals surface area (Å²) in [6.07, 6.45) is 3.26. The lowest BCUT2D eigenvalue weighted by Gasteiger charge is -2.30. The Morgan fingerprint density at radius 3 is 2.92 bits per heavy atom. The van der Waals surface area contributed by atoms with Gasteiger partial charge in [0.1, 0.15) is 5.75 Å². The van der Waals surface area contributed by atoms with E-state index in [1.807, 2.05) is 4.90 Å². The monoisotopic (exact) mass is 337 g/mol. The van der Waals surface area contributed by atoms with Gasteiger partial charge in [0, 0.05) is 31.7 Å². The predicted octanol–water partition coefficient (Wildman–Crippen LogP) is 2.43. The summed E-state index contributed by atoms with van der Waals surface area (Å²) < 4.78 is 5.36. The van der Waals surface area contributed by atoms with E-state index < -0.39 is 0 Å². The highest BCUT2D eigenvalue weighted by Gasteiger charge is 2.47. The number of pyridine rings is 1. The zero-order valence-electron chi connectivity index (χ0n) is 14.6. The van der Waals surface area contributed by atoms with Crippen LogP contribution in [-0.2, 0) is 0 Å². The number of fused-ring (bicyclic) bond motifs is 1. The molecule has 3 heterocycles. The van der Waals surface area contributed by atoms with Gasteiger partial charge in [-0.05, 0) is 30.0 Å². The highest BCUT2D eigenvalue weighted by Crippen LogP contribution is 2.44. The minimum absolute atomic E-state index is 0.0295. The Hall–Kier alpha value is -2.40. The number of ether oxygens (including phenoxy) is 1. The third-order valence-corrected chi connectivity index (χ3v) is 5.57. The number of carbonyl (C=O) groups excluding carboxylic acids is 1. The molecule has 2 aliphatic rings. The topological polar surface area (TPSA) is 54.5 Å². The summed E-state index contributed by atoms with van der Waals surface area (Å²) in [7, 11) is 1.58. The van der Waals surface area contributed by atoms with Crippen molar-refractivity contribution in [3.63, 3.8) is 0 Å². The van der Waals surface area contributed by atoms with Gasteiger partial charge in [0.2, 0.25) is 0 Å². The van der Waals surface area contributed by atoms with Crippen LogP contribution in [0.4, 0.5) is 0 Å². The van der Waals surface area contributed by atoms with Crippen molar-refractivity contribution in [1.82, 2.24) is 15.2 Å². The van der Waals surface area contributed by atoms with Crippen LogP contribution < -0.4 is 10.1 Å². The number of methoxy groups -OCH3 is 1. The summed E-state index contributed by atoms with van der Waals surface area (Å²) in [5.74, 6) is 1.52. The van der Waals surface area contributed by atoms with Crippen molar-refractivity contribution in [2.24, 2.45) is 11.8 Å². The zero-order valence-corrected chi connectivity index (χ0v) is 14.6. The number of likely N-dealkylation sites (tertiary alicyclic amines) is 1. The number of aryl methyl sites for hydroxylation is 1. The molecule has 2 fully saturated rings. The van der Waals surface area contributed by atoms with Crippen molar-refractivity contribution in [2.45, 2.75) is 13.0 Å². The normalized spacial score (nSPS) is 25.0. The number of nitrogens with one attached hydrogen (secondary N) is 1. The first-order valence-corrected chi connectivity index (χ1v) is 8.76. The van der Waals surface area contributed by atoms with Crippen LogP contribution >= 0.6 is 0 Å². The molecule has 2 saturated heterocycles. The molecule has 1 N–H and O–H groups in total. The second-order valence-electron chi connectivity index (χ2n) is 6.92. The van der Waals surface area contributed by atoms with Gasteiger partial charge in [-0.25, -0.2) is 0 Å². The lowest BCUT2D eigenvalue weighted by Crippen LogP contribution is -2.35. The lowest BCUT2D eigenvalue weighted by molar-refractivity contribution is 0.0710. The van der Waals surface area contributed by atoms with Crippen molar-refractivity contribution in [3.8, 4) is 5.75 Å². The molecule has 5 nitrogen and oxygen atoms in total. The van der Waals surface area contributed by atoms with Crippen molar-refractivity contribution >= 4 is 5.91 Å². The first-order valence-electron chi connectivity index (χ1n) is 8.76. The number of amides is 1. The smallest absolute Gasteiger partial charge is 0.258 e. The highest BCUT2D eigenvalue weighted by molar-refractivity contribution is 5.97.